The number of imidazole rings is 1. The Balaban J connectivity index is 1.82. The Morgan fingerprint density at radius 3 is 2.40 bits per heavy atom. The molecule has 4 aromatic rings. The summed E-state index contributed by atoms with van der Waals surface area (Å²) in [6.45, 7) is 1.24. The van der Waals surface area contributed by atoms with Gasteiger partial charge in [0.1, 0.15) is 12.4 Å². The molecule has 4 rings (SSSR count). The van der Waals surface area contributed by atoms with E-state index in [0.29, 0.717) is 23.4 Å². The van der Waals surface area contributed by atoms with Crippen LogP contribution in [0.25, 0.3) is 21.8 Å². The van der Waals surface area contributed by atoms with E-state index in [1.54, 1.807) is 6.07 Å². The molecule has 0 aliphatic heterocycles. The van der Waals surface area contributed by atoms with Crippen LogP contribution in [0.15, 0.2) is 60.7 Å². The van der Waals surface area contributed by atoms with E-state index in [2.05, 4.69) is 9.97 Å². The molecule has 126 valence electrons. The number of nitrogens with zero attached hydrogens (tertiary/aromatic N) is 1. The third kappa shape index (κ3) is 2.93. The van der Waals surface area contributed by atoms with E-state index in [9.17, 15) is 8.78 Å². The standard InChI is InChI=1S/C20H16F2N2O/c1-20(21,22)19-23-16-11-17(25-12-13-7-3-2-4-8-13)14-9-5-6-10-15(14)18(16)24-19/h2-11H,12H2,1H3,(H,23,24). The van der Waals surface area contributed by atoms with E-state index in [0.717, 1.165) is 23.3 Å². The van der Waals surface area contributed by atoms with Crippen LogP contribution in [0.1, 0.15) is 18.3 Å². The summed E-state index contributed by atoms with van der Waals surface area (Å²) in [4.78, 5) is 6.84. The quantitative estimate of drug-likeness (QED) is 0.540. The highest BCUT2D eigenvalue weighted by atomic mass is 19.3. The highest BCUT2D eigenvalue weighted by Gasteiger charge is 2.29. The molecule has 0 aliphatic carbocycles. The first-order chi connectivity index (χ1) is 12.0. The Morgan fingerprint density at radius 2 is 1.68 bits per heavy atom. The van der Waals surface area contributed by atoms with Gasteiger partial charge in [-0.15, -0.1) is 0 Å². The summed E-state index contributed by atoms with van der Waals surface area (Å²) < 4.78 is 33.2. The topological polar surface area (TPSA) is 37.9 Å². The lowest BCUT2D eigenvalue weighted by atomic mass is 10.1. The molecule has 0 atom stereocenters. The number of H-pyrrole nitrogens is 1. The zero-order chi connectivity index (χ0) is 17.4. The van der Waals surface area contributed by atoms with Crippen molar-refractivity contribution in [1.82, 2.24) is 9.97 Å². The van der Waals surface area contributed by atoms with Gasteiger partial charge in [-0.3, -0.25) is 0 Å². The van der Waals surface area contributed by atoms with E-state index in [-0.39, 0.29) is 5.82 Å². The first-order valence-corrected chi connectivity index (χ1v) is 7.99. The third-order valence-corrected chi connectivity index (χ3v) is 4.11. The van der Waals surface area contributed by atoms with Gasteiger partial charge in [0.25, 0.3) is 0 Å². The highest BCUT2D eigenvalue weighted by molar-refractivity contribution is 6.07. The van der Waals surface area contributed by atoms with Crippen LogP contribution < -0.4 is 4.74 Å². The maximum absolute atomic E-state index is 13.6. The predicted octanol–water partition coefficient (Wildman–Crippen LogP) is 5.41. The van der Waals surface area contributed by atoms with Crippen molar-refractivity contribution < 1.29 is 13.5 Å². The lowest BCUT2D eigenvalue weighted by molar-refractivity contribution is 0.00891. The van der Waals surface area contributed by atoms with E-state index in [1.807, 2.05) is 54.6 Å². The van der Waals surface area contributed by atoms with Crippen LogP contribution in [-0.2, 0) is 12.5 Å². The summed E-state index contributed by atoms with van der Waals surface area (Å²) in [6, 6.07) is 19.1. The number of benzene rings is 3. The molecule has 3 aromatic carbocycles. The summed E-state index contributed by atoms with van der Waals surface area (Å²) in [6.07, 6.45) is 0. The number of halogens is 2. The van der Waals surface area contributed by atoms with Gasteiger partial charge in [-0.05, 0) is 5.56 Å². The number of hydrogen-bond acceptors (Lipinski definition) is 2. The Kier molecular flexibility index (Phi) is 3.64. The van der Waals surface area contributed by atoms with Gasteiger partial charge in [0.05, 0.1) is 11.0 Å². The summed E-state index contributed by atoms with van der Waals surface area (Å²) in [5.41, 5.74) is 2.11. The molecule has 1 heterocycles. The number of ether oxygens (including phenoxy) is 1. The molecule has 0 amide bonds. The van der Waals surface area contributed by atoms with Crippen molar-refractivity contribution in [3.05, 3.63) is 72.1 Å². The number of rotatable bonds is 4. The molecular weight excluding hydrogens is 322 g/mol. The Morgan fingerprint density at radius 1 is 1.00 bits per heavy atom. The van der Waals surface area contributed by atoms with Crippen LogP contribution in [0.4, 0.5) is 8.78 Å². The Labute approximate surface area is 143 Å². The average molecular weight is 338 g/mol. The lowest BCUT2D eigenvalue weighted by Crippen LogP contribution is -2.08. The van der Waals surface area contributed by atoms with Crippen molar-refractivity contribution in [2.24, 2.45) is 0 Å². The smallest absolute Gasteiger partial charge is 0.301 e. The fraction of sp³-hybridized carbons (Fsp3) is 0.150. The molecule has 3 nitrogen and oxygen atoms in total. The zero-order valence-corrected chi connectivity index (χ0v) is 13.6. The molecule has 0 radical (unpaired) electrons. The van der Waals surface area contributed by atoms with Crippen LogP contribution in [0.2, 0.25) is 0 Å². The highest BCUT2D eigenvalue weighted by Crippen LogP contribution is 2.35. The minimum absolute atomic E-state index is 0.340. The maximum atomic E-state index is 13.6. The second-order valence-corrected chi connectivity index (χ2v) is 6.06. The molecule has 0 saturated heterocycles. The van der Waals surface area contributed by atoms with Crippen LogP contribution in [-0.4, -0.2) is 9.97 Å². The van der Waals surface area contributed by atoms with E-state index < -0.39 is 5.92 Å². The van der Waals surface area contributed by atoms with Gasteiger partial charge in [-0.2, -0.15) is 8.78 Å². The van der Waals surface area contributed by atoms with E-state index in [1.165, 1.54) is 0 Å². The molecule has 0 unspecified atom stereocenters. The lowest BCUT2D eigenvalue weighted by Gasteiger charge is -2.10. The first kappa shape index (κ1) is 15.6. The van der Waals surface area contributed by atoms with Crippen LogP contribution in [0, 0.1) is 0 Å². The molecule has 0 spiro atoms. The fourth-order valence-electron chi connectivity index (χ4n) is 2.87. The van der Waals surface area contributed by atoms with Crippen molar-refractivity contribution in [1.29, 1.82) is 0 Å². The molecule has 1 N–H and O–H groups in total. The van der Waals surface area contributed by atoms with Crippen LogP contribution in [0.5, 0.6) is 5.75 Å². The summed E-state index contributed by atoms with van der Waals surface area (Å²) in [7, 11) is 0. The molecule has 5 heteroatoms. The third-order valence-electron chi connectivity index (χ3n) is 4.11. The number of fused-ring (bicyclic) bond motifs is 3. The van der Waals surface area contributed by atoms with Gasteiger partial charge in [0.2, 0.25) is 0 Å². The molecule has 25 heavy (non-hydrogen) atoms. The van der Waals surface area contributed by atoms with Crippen molar-refractivity contribution in [2.75, 3.05) is 0 Å². The molecule has 0 saturated carbocycles. The monoisotopic (exact) mass is 338 g/mol. The van der Waals surface area contributed by atoms with Crippen LogP contribution >= 0.6 is 0 Å². The normalized spacial score (nSPS) is 12.0. The molecule has 1 aromatic heterocycles. The number of aromatic nitrogens is 2. The van der Waals surface area contributed by atoms with E-state index in [4.69, 9.17) is 4.74 Å². The molecule has 0 bridgehead atoms. The summed E-state index contributed by atoms with van der Waals surface area (Å²) in [5, 5.41) is 1.64. The number of alkyl halides is 2. The number of nitrogens with one attached hydrogen (secondary N) is 1. The second kappa shape index (κ2) is 5.84. The van der Waals surface area contributed by atoms with Gasteiger partial charge in [-0.25, -0.2) is 4.98 Å². The minimum Gasteiger partial charge on any atom is -0.488 e. The minimum atomic E-state index is -3.02. The maximum Gasteiger partial charge on any atom is 0.301 e. The van der Waals surface area contributed by atoms with Gasteiger partial charge in [-0.1, -0.05) is 54.6 Å². The number of aromatic amines is 1. The van der Waals surface area contributed by atoms with Crippen molar-refractivity contribution in [2.45, 2.75) is 19.5 Å². The average Bonchev–Trinajstić information content (AvgIpc) is 3.05. The Hall–Kier alpha value is -2.95. The van der Waals surface area contributed by atoms with Crippen LogP contribution in [0.3, 0.4) is 0 Å². The summed E-state index contributed by atoms with van der Waals surface area (Å²) >= 11 is 0. The zero-order valence-electron chi connectivity index (χ0n) is 13.6. The van der Waals surface area contributed by atoms with E-state index >= 15 is 0 Å². The van der Waals surface area contributed by atoms with Gasteiger partial charge in [0, 0.05) is 23.8 Å². The molecule has 0 aliphatic rings. The number of hydrogen-bond donors (Lipinski definition) is 1. The van der Waals surface area contributed by atoms with Gasteiger partial charge < -0.3 is 9.72 Å². The first-order valence-electron chi connectivity index (χ1n) is 7.99. The Bertz CT molecular complexity index is 1040. The van der Waals surface area contributed by atoms with Crippen molar-refractivity contribution in [3.63, 3.8) is 0 Å². The van der Waals surface area contributed by atoms with Crippen molar-refractivity contribution in [3.8, 4) is 5.75 Å². The predicted molar refractivity (Wildman–Crippen MR) is 93.9 cm³/mol. The second-order valence-electron chi connectivity index (χ2n) is 6.06. The van der Waals surface area contributed by atoms with Crippen molar-refractivity contribution >= 4 is 21.8 Å². The molecular formula is C20H16F2N2O. The SMILES string of the molecule is CC(F)(F)c1nc2c(cc(OCc3ccccc3)c3ccccc32)[nH]1. The van der Waals surface area contributed by atoms with Gasteiger partial charge in [0.15, 0.2) is 5.82 Å². The summed E-state index contributed by atoms with van der Waals surface area (Å²) in [5.74, 6) is -2.72. The van der Waals surface area contributed by atoms with Gasteiger partial charge >= 0.3 is 5.92 Å². The fourth-order valence-corrected chi connectivity index (χ4v) is 2.87. The molecule has 0 fully saturated rings. The largest absolute Gasteiger partial charge is 0.488 e.